The van der Waals surface area contributed by atoms with Crippen LogP contribution in [0.4, 0.5) is 5.69 Å². The Kier molecular flexibility index (Phi) is 3.85. The van der Waals surface area contributed by atoms with Gasteiger partial charge in [-0.15, -0.1) is 0 Å². The Balaban J connectivity index is 2.67. The first kappa shape index (κ1) is 11.2. The minimum Gasteiger partial charge on any atom is -0.481 e. The molecule has 0 aliphatic carbocycles. The van der Waals surface area contributed by atoms with Crippen molar-refractivity contribution in [2.75, 3.05) is 11.9 Å². The number of carbonyl (C=O) groups is 2. The molecule has 0 atom stereocenters. The van der Waals surface area contributed by atoms with Gasteiger partial charge >= 0.3 is 5.97 Å². The fraction of sp³-hybridized carbons (Fsp3) is 0.273. The largest absolute Gasteiger partial charge is 0.481 e. The van der Waals surface area contributed by atoms with E-state index in [0.717, 1.165) is 0 Å². The van der Waals surface area contributed by atoms with Crippen molar-refractivity contribution in [2.45, 2.75) is 13.3 Å². The second kappa shape index (κ2) is 5.14. The summed E-state index contributed by atoms with van der Waals surface area (Å²) >= 11 is 0. The quantitative estimate of drug-likeness (QED) is 0.722. The molecule has 0 heterocycles. The van der Waals surface area contributed by atoms with Gasteiger partial charge in [0.2, 0.25) is 0 Å². The number of anilines is 1. The number of Topliss-reactive ketones (excluding diaryl/α,β-unsaturated/α-hetero) is 1. The average Bonchev–Trinajstić information content (AvgIpc) is 2.17. The number of ketones is 1. The molecule has 0 fully saturated rings. The molecule has 4 nitrogen and oxygen atoms in total. The van der Waals surface area contributed by atoms with E-state index in [1.54, 1.807) is 24.3 Å². The summed E-state index contributed by atoms with van der Waals surface area (Å²) in [5.74, 6) is -0.892. The highest BCUT2D eigenvalue weighted by Crippen LogP contribution is 2.15. The van der Waals surface area contributed by atoms with Crippen LogP contribution in [0, 0.1) is 0 Å². The molecule has 0 aromatic heterocycles. The molecule has 0 spiro atoms. The van der Waals surface area contributed by atoms with Crippen LogP contribution in [0.25, 0.3) is 0 Å². The number of carboxylic acid groups (broad SMARTS) is 1. The predicted molar refractivity (Wildman–Crippen MR) is 57.2 cm³/mol. The highest BCUT2D eigenvalue weighted by molar-refractivity contribution is 5.99. The van der Waals surface area contributed by atoms with E-state index in [-0.39, 0.29) is 12.2 Å². The predicted octanol–water partition coefficient (Wildman–Crippen LogP) is 1.78. The maximum Gasteiger partial charge on any atom is 0.305 e. The number of rotatable bonds is 5. The number of benzene rings is 1. The number of carboxylic acids is 1. The molecule has 0 amide bonds. The Hall–Kier alpha value is -1.84. The van der Waals surface area contributed by atoms with Gasteiger partial charge in [0.25, 0.3) is 0 Å². The Labute approximate surface area is 87.9 Å². The van der Waals surface area contributed by atoms with Crippen molar-refractivity contribution in [3.05, 3.63) is 29.8 Å². The second-order valence-corrected chi connectivity index (χ2v) is 3.17. The zero-order valence-corrected chi connectivity index (χ0v) is 8.49. The van der Waals surface area contributed by atoms with E-state index in [9.17, 15) is 9.59 Å². The molecule has 0 saturated heterocycles. The van der Waals surface area contributed by atoms with Crippen molar-refractivity contribution in [1.82, 2.24) is 0 Å². The number of para-hydroxylation sites is 1. The lowest BCUT2D eigenvalue weighted by atomic mass is 10.1. The van der Waals surface area contributed by atoms with Crippen LogP contribution in [0.2, 0.25) is 0 Å². The van der Waals surface area contributed by atoms with Crippen molar-refractivity contribution in [3.63, 3.8) is 0 Å². The van der Waals surface area contributed by atoms with Crippen molar-refractivity contribution >= 4 is 17.4 Å². The normalized spacial score (nSPS) is 9.67. The van der Waals surface area contributed by atoms with Crippen LogP contribution in [0.5, 0.6) is 0 Å². The van der Waals surface area contributed by atoms with Crippen LogP contribution in [0.15, 0.2) is 24.3 Å². The zero-order valence-electron chi connectivity index (χ0n) is 8.49. The summed E-state index contributed by atoms with van der Waals surface area (Å²) in [7, 11) is 0. The number of nitrogens with one attached hydrogen (secondary N) is 1. The maximum atomic E-state index is 11.2. The molecular weight excluding hydrogens is 194 g/mol. The fourth-order valence-corrected chi connectivity index (χ4v) is 1.25. The molecule has 80 valence electrons. The third-order valence-electron chi connectivity index (χ3n) is 1.96. The fourth-order valence-electron chi connectivity index (χ4n) is 1.25. The van der Waals surface area contributed by atoms with Gasteiger partial charge in [-0.05, 0) is 19.1 Å². The summed E-state index contributed by atoms with van der Waals surface area (Å²) in [4.78, 5) is 21.5. The first-order valence-electron chi connectivity index (χ1n) is 4.67. The molecule has 15 heavy (non-hydrogen) atoms. The van der Waals surface area contributed by atoms with Crippen molar-refractivity contribution in [2.24, 2.45) is 0 Å². The number of hydrogen-bond acceptors (Lipinski definition) is 3. The summed E-state index contributed by atoms with van der Waals surface area (Å²) in [6, 6.07) is 7.05. The van der Waals surface area contributed by atoms with E-state index in [2.05, 4.69) is 5.32 Å². The monoisotopic (exact) mass is 207 g/mol. The first-order chi connectivity index (χ1) is 7.11. The van der Waals surface area contributed by atoms with E-state index in [4.69, 9.17) is 5.11 Å². The molecule has 0 aliphatic rings. The standard InChI is InChI=1S/C11H13NO3/c1-8(13)9-4-2-3-5-10(9)12-7-6-11(14)15/h2-5,12H,6-7H2,1H3,(H,14,15). The third kappa shape index (κ3) is 3.42. The van der Waals surface area contributed by atoms with E-state index in [0.29, 0.717) is 17.8 Å². The number of aliphatic carboxylic acids is 1. The van der Waals surface area contributed by atoms with Crippen molar-refractivity contribution < 1.29 is 14.7 Å². The van der Waals surface area contributed by atoms with Crippen LogP contribution in [0.3, 0.4) is 0 Å². The van der Waals surface area contributed by atoms with E-state index in [1.807, 2.05) is 0 Å². The Morgan fingerprint density at radius 2 is 2.00 bits per heavy atom. The molecule has 0 bridgehead atoms. The molecule has 0 saturated carbocycles. The first-order valence-corrected chi connectivity index (χ1v) is 4.67. The van der Waals surface area contributed by atoms with Crippen LogP contribution < -0.4 is 5.32 Å². The van der Waals surface area contributed by atoms with Gasteiger partial charge in [-0.2, -0.15) is 0 Å². The van der Waals surface area contributed by atoms with Crippen molar-refractivity contribution in [3.8, 4) is 0 Å². The zero-order chi connectivity index (χ0) is 11.3. The Bertz CT molecular complexity index is 374. The second-order valence-electron chi connectivity index (χ2n) is 3.17. The minimum absolute atomic E-state index is 0.0339. The van der Waals surface area contributed by atoms with Gasteiger partial charge in [0.15, 0.2) is 5.78 Å². The molecule has 1 aromatic rings. The van der Waals surface area contributed by atoms with Gasteiger partial charge in [-0.25, -0.2) is 0 Å². The molecule has 2 N–H and O–H groups in total. The summed E-state index contributed by atoms with van der Waals surface area (Å²) in [5, 5.41) is 11.4. The maximum absolute atomic E-state index is 11.2. The summed E-state index contributed by atoms with van der Waals surface area (Å²) in [5.41, 5.74) is 1.27. The highest BCUT2D eigenvalue weighted by Gasteiger charge is 2.05. The van der Waals surface area contributed by atoms with Gasteiger partial charge in [0, 0.05) is 17.8 Å². The number of hydrogen-bond donors (Lipinski definition) is 2. The minimum atomic E-state index is -0.859. The molecular formula is C11H13NO3. The molecule has 0 unspecified atom stereocenters. The van der Waals surface area contributed by atoms with Gasteiger partial charge in [0.05, 0.1) is 6.42 Å². The lowest BCUT2D eigenvalue weighted by Crippen LogP contribution is -2.10. The average molecular weight is 207 g/mol. The lowest BCUT2D eigenvalue weighted by molar-refractivity contribution is -0.136. The molecule has 1 rings (SSSR count). The third-order valence-corrected chi connectivity index (χ3v) is 1.96. The topological polar surface area (TPSA) is 66.4 Å². The highest BCUT2D eigenvalue weighted by atomic mass is 16.4. The molecule has 4 heteroatoms. The van der Waals surface area contributed by atoms with Crippen molar-refractivity contribution in [1.29, 1.82) is 0 Å². The smallest absolute Gasteiger partial charge is 0.305 e. The SMILES string of the molecule is CC(=O)c1ccccc1NCCC(=O)O. The van der Waals surface area contributed by atoms with Gasteiger partial charge in [0.1, 0.15) is 0 Å². The lowest BCUT2D eigenvalue weighted by Gasteiger charge is -2.08. The van der Waals surface area contributed by atoms with Gasteiger partial charge in [-0.1, -0.05) is 12.1 Å². The molecule has 0 aliphatic heterocycles. The van der Waals surface area contributed by atoms with Crippen LogP contribution >= 0.6 is 0 Å². The molecule has 1 aromatic carbocycles. The van der Waals surface area contributed by atoms with Gasteiger partial charge < -0.3 is 10.4 Å². The number of carbonyl (C=O) groups excluding carboxylic acids is 1. The Morgan fingerprint density at radius 1 is 1.33 bits per heavy atom. The Morgan fingerprint density at radius 3 is 2.60 bits per heavy atom. The molecule has 0 radical (unpaired) electrons. The summed E-state index contributed by atoms with van der Waals surface area (Å²) in [6.45, 7) is 1.80. The van der Waals surface area contributed by atoms with E-state index in [1.165, 1.54) is 6.92 Å². The van der Waals surface area contributed by atoms with Gasteiger partial charge in [-0.3, -0.25) is 9.59 Å². The van der Waals surface area contributed by atoms with Crippen LogP contribution in [-0.2, 0) is 4.79 Å². The van der Waals surface area contributed by atoms with E-state index < -0.39 is 5.97 Å². The van der Waals surface area contributed by atoms with Crippen LogP contribution in [0.1, 0.15) is 23.7 Å². The van der Waals surface area contributed by atoms with Crippen LogP contribution in [-0.4, -0.2) is 23.4 Å². The summed E-state index contributed by atoms with van der Waals surface area (Å²) < 4.78 is 0. The summed E-state index contributed by atoms with van der Waals surface area (Å²) in [6.07, 6.45) is 0.0340. The van der Waals surface area contributed by atoms with E-state index >= 15 is 0 Å².